The molecule has 0 radical (unpaired) electrons. The third kappa shape index (κ3) is 4.69. The molecule has 4 aromatic heterocycles. The summed E-state index contributed by atoms with van der Waals surface area (Å²) in [7, 11) is 0. The molecule has 1 aromatic carbocycles. The van der Waals surface area contributed by atoms with Gasteiger partial charge in [-0.05, 0) is 42.5 Å². The van der Waals surface area contributed by atoms with Gasteiger partial charge in [-0.2, -0.15) is 5.10 Å². The second-order valence-electron chi connectivity index (χ2n) is 5.76. The highest BCUT2D eigenvalue weighted by Crippen LogP contribution is 2.16. The van der Waals surface area contributed by atoms with E-state index in [2.05, 4.69) is 35.2 Å². The lowest BCUT2D eigenvalue weighted by Crippen LogP contribution is -1.94. The predicted molar refractivity (Wildman–Crippen MR) is 109 cm³/mol. The Hall–Kier alpha value is -3.91. The molecule has 0 amide bonds. The number of rotatable bonds is 3. The molecule has 0 spiro atoms. The van der Waals surface area contributed by atoms with Crippen LogP contribution in [0.5, 0.6) is 0 Å². The van der Waals surface area contributed by atoms with Gasteiger partial charge in [-0.15, -0.1) is 5.10 Å². The third-order valence-corrected chi connectivity index (χ3v) is 4.02. The maximum absolute atomic E-state index is 5.94. The van der Waals surface area contributed by atoms with Crippen LogP contribution in [0, 0.1) is 0 Å². The Morgan fingerprint density at radius 1 is 0.793 bits per heavy atom. The molecule has 0 atom stereocenters. The minimum Gasteiger partial charge on any atom is -0.258 e. The summed E-state index contributed by atoms with van der Waals surface area (Å²) in [5.41, 5.74) is 2.43. The number of H-pyrrole nitrogens is 1. The Balaban J connectivity index is 0.000000159. The molecule has 9 heteroatoms. The lowest BCUT2D eigenvalue weighted by Gasteiger charge is -1.99. The first-order valence-electron chi connectivity index (χ1n) is 8.65. The summed E-state index contributed by atoms with van der Waals surface area (Å²) in [6.07, 6.45) is 6.55. The van der Waals surface area contributed by atoms with Gasteiger partial charge in [0.1, 0.15) is 24.0 Å². The number of aromatic amines is 1. The summed E-state index contributed by atoms with van der Waals surface area (Å²) in [4.78, 5) is 16.5. The minimum atomic E-state index is 0.593. The standard InChI is InChI=1S/C13H9ClN4.C7H6N4/c14-10-4-3-5-11(8-10)18-9-16-13(17-18)12-6-1-2-7-15-12;1-2-4-8-6(3-1)7-9-5-10-11-7/h1-9H;1-5H,(H,9,10,11). The first-order chi connectivity index (χ1) is 14.3. The van der Waals surface area contributed by atoms with Gasteiger partial charge in [0.25, 0.3) is 0 Å². The molecule has 0 fully saturated rings. The molecule has 5 aromatic rings. The number of nitrogens with zero attached hydrogens (tertiary/aromatic N) is 7. The first kappa shape index (κ1) is 18.5. The Bertz CT molecular complexity index is 1160. The monoisotopic (exact) mass is 402 g/mol. The van der Waals surface area contributed by atoms with E-state index in [1.54, 1.807) is 23.4 Å². The van der Waals surface area contributed by atoms with Crippen LogP contribution >= 0.6 is 11.6 Å². The highest BCUT2D eigenvalue weighted by molar-refractivity contribution is 6.30. The van der Waals surface area contributed by atoms with Crippen LogP contribution in [0.1, 0.15) is 0 Å². The number of benzene rings is 1. The van der Waals surface area contributed by atoms with Crippen LogP contribution in [0.4, 0.5) is 0 Å². The van der Waals surface area contributed by atoms with Crippen LogP contribution in [0.15, 0.2) is 85.7 Å². The van der Waals surface area contributed by atoms with Crippen LogP contribution in [0.2, 0.25) is 5.02 Å². The average molecular weight is 403 g/mol. The molecule has 0 saturated carbocycles. The van der Waals surface area contributed by atoms with Crippen molar-refractivity contribution < 1.29 is 0 Å². The maximum atomic E-state index is 5.94. The van der Waals surface area contributed by atoms with Crippen molar-refractivity contribution in [3.05, 3.63) is 90.7 Å². The van der Waals surface area contributed by atoms with Gasteiger partial charge in [-0.1, -0.05) is 29.8 Å². The van der Waals surface area contributed by atoms with Crippen LogP contribution in [0.25, 0.3) is 28.7 Å². The van der Waals surface area contributed by atoms with Gasteiger partial charge in [0, 0.05) is 17.4 Å². The molecular formula is C20H15ClN8. The van der Waals surface area contributed by atoms with Crippen molar-refractivity contribution in [3.8, 4) is 28.7 Å². The third-order valence-electron chi connectivity index (χ3n) is 3.78. The fraction of sp³-hybridized carbons (Fsp3) is 0. The number of hydrogen-bond acceptors (Lipinski definition) is 6. The highest BCUT2D eigenvalue weighted by Gasteiger charge is 2.06. The van der Waals surface area contributed by atoms with Gasteiger partial charge in [0.2, 0.25) is 0 Å². The summed E-state index contributed by atoms with van der Waals surface area (Å²) in [5, 5.41) is 11.5. The van der Waals surface area contributed by atoms with Crippen molar-refractivity contribution in [1.29, 1.82) is 0 Å². The Morgan fingerprint density at radius 3 is 2.24 bits per heavy atom. The summed E-state index contributed by atoms with van der Waals surface area (Å²) < 4.78 is 1.68. The number of halogens is 1. The molecule has 0 bridgehead atoms. The van der Waals surface area contributed by atoms with Crippen molar-refractivity contribution in [2.24, 2.45) is 0 Å². The van der Waals surface area contributed by atoms with Gasteiger partial charge in [-0.25, -0.2) is 14.6 Å². The summed E-state index contributed by atoms with van der Waals surface area (Å²) >= 11 is 5.94. The zero-order valence-electron chi connectivity index (χ0n) is 15.1. The predicted octanol–water partition coefficient (Wildman–Crippen LogP) is 3.85. The fourth-order valence-corrected chi connectivity index (χ4v) is 2.63. The van der Waals surface area contributed by atoms with E-state index in [9.17, 15) is 0 Å². The van der Waals surface area contributed by atoms with Crippen molar-refractivity contribution >= 4 is 11.6 Å². The van der Waals surface area contributed by atoms with Crippen LogP contribution in [-0.4, -0.2) is 39.9 Å². The van der Waals surface area contributed by atoms with Crippen molar-refractivity contribution in [2.75, 3.05) is 0 Å². The number of pyridine rings is 2. The second-order valence-corrected chi connectivity index (χ2v) is 6.19. The average Bonchev–Trinajstić information content (AvgIpc) is 3.48. The number of nitrogens with one attached hydrogen (secondary N) is 1. The fourth-order valence-electron chi connectivity index (χ4n) is 2.45. The van der Waals surface area contributed by atoms with E-state index in [1.165, 1.54) is 6.33 Å². The molecule has 0 unspecified atom stereocenters. The van der Waals surface area contributed by atoms with Crippen LogP contribution in [-0.2, 0) is 0 Å². The molecule has 1 N–H and O–H groups in total. The minimum absolute atomic E-state index is 0.593. The number of hydrogen-bond donors (Lipinski definition) is 1. The molecule has 5 rings (SSSR count). The van der Waals surface area contributed by atoms with Gasteiger partial charge >= 0.3 is 0 Å². The van der Waals surface area contributed by atoms with Crippen LogP contribution in [0.3, 0.4) is 0 Å². The Labute approximate surface area is 171 Å². The lowest BCUT2D eigenvalue weighted by molar-refractivity contribution is 0.880. The van der Waals surface area contributed by atoms with Gasteiger partial charge < -0.3 is 0 Å². The Kier molecular flexibility index (Phi) is 5.63. The van der Waals surface area contributed by atoms with Gasteiger partial charge in [-0.3, -0.25) is 15.1 Å². The topological polar surface area (TPSA) is 98.1 Å². The molecule has 0 saturated heterocycles. The summed E-state index contributed by atoms with van der Waals surface area (Å²) in [6.45, 7) is 0. The van der Waals surface area contributed by atoms with Crippen molar-refractivity contribution in [1.82, 2.24) is 39.9 Å². The SMILES string of the molecule is Clc1cccc(-n2cnc(-c3ccccn3)n2)c1.c1ccc(-c2ncn[nH]2)nc1. The molecule has 4 heterocycles. The van der Waals surface area contributed by atoms with E-state index in [1.807, 2.05) is 60.7 Å². The molecular weight excluding hydrogens is 388 g/mol. The first-order valence-corrected chi connectivity index (χ1v) is 9.03. The molecule has 8 nitrogen and oxygen atoms in total. The summed E-state index contributed by atoms with van der Waals surface area (Å²) in [5.74, 6) is 1.29. The van der Waals surface area contributed by atoms with E-state index >= 15 is 0 Å². The zero-order chi connectivity index (χ0) is 19.9. The normalized spacial score (nSPS) is 10.2. The van der Waals surface area contributed by atoms with E-state index in [-0.39, 0.29) is 0 Å². The lowest BCUT2D eigenvalue weighted by atomic mass is 10.3. The quantitative estimate of drug-likeness (QED) is 0.492. The molecule has 142 valence electrons. The van der Waals surface area contributed by atoms with Crippen LogP contribution < -0.4 is 0 Å². The molecule has 0 aliphatic heterocycles. The highest BCUT2D eigenvalue weighted by atomic mass is 35.5. The summed E-state index contributed by atoms with van der Waals surface area (Å²) in [6, 6.07) is 18.7. The Morgan fingerprint density at radius 2 is 1.59 bits per heavy atom. The zero-order valence-corrected chi connectivity index (χ0v) is 15.8. The van der Waals surface area contributed by atoms with E-state index < -0.39 is 0 Å². The van der Waals surface area contributed by atoms with Crippen molar-refractivity contribution in [3.63, 3.8) is 0 Å². The molecule has 0 aliphatic carbocycles. The van der Waals surface area contributed by atoms with E-state index in [0.29, 0.717) is 16.7 Å². The maximum Gasteiger partial charge on any atom is 0.200 e. The number of aromatic nitrogens is 8. The molecule has 0 aliphatic rings. The largest absolute Gasteiger partial charge is 0.258 e. The second kappa shape index (κ2) is 8.85. The van der Waals surface area contributed by atoms with Gasteiger partial charge in [0.05, 0.1) is 5.69 Å². The van der Waals surface area contributed by atoms with E-state index in [0.717, 1.165) is 17.1 Å². The van der Waals surface area contributed by atoms with E-state index in [4.69, 9.17) is 11.6 Å². The molecule has 29 heavy (non-hydrogen) atoms. The smallest absolute Gasteiger partial charge is 0.200 e. The van der Waals surface area contributed by atoms with Crippen molar-refractivity contribution in [2.45, 2.75) is 0 Å². The van der Waals surface area contributed by atoms with Gasteiger partial charge in [0.15, 0.2) is 11.6 Å².